The third kappa shape index (κ3) is 3.96. The number of benzene rings is 1. The zero-order valence-electron chi connectivity index (χ0n) is 16.0. The number of nitrogens with zero attached hydrogens (tertiary/aromatic N) is 2. The largest absolute Gasteiger partial charge is 0.376 e. The first-order chi connectivity index (χ1) is 12.6. The number of hydrogen-bond donors (Lipinski definition) is 0. The maximum atomic E-state index is 12.6. The van der Waals surface area contributed by atoms with Crippen LogP contribution >= 0.6 is 0 Å². The zero-order chi connectivity index (χ0) is 18.0. The number of piperidine rings is 2. The summed E-state index contributed by atoms with van der Waals surface area (Å²) in [7, 11) is 0. The van der Waals surface area contributed by atoms with Gasteiger partial charge in [0.1, 0.15) is 0 Å². The molecule has 0 radical (unpaired) electrons. The maximum Gasteiger partial charge on any atom is 0.253 e. The standard InChI is InChI=1S/C22H32N2O2/c1-18-6-5-11-23(15-18)16-20-14-22(17-26-20)9-12-24(13-10-22)21(25)19-7-3-2-4-8-19/h2-4,7-8,18,20H,5-6,9-17H2,1H3/t18-,20-/m0/s1. The monoisotopic (exact) mass is 356 g/mol. The van der Waals surface area contributed by atoms with Gasteiger partial charge in [-0.1, -0.05) is 25.1 Å². The number of ether oxygens (including phenoxy) is 1. The molecule has 0 aliphatic carbocycles. The third-order valence-corrected chi connectivity index (χ3v) is 6.62. The van der Waals surface area contributed by atoms with Gasteiger partial charge >= 0.3 is 0 Å². The van der Waals surface area contributed by atoms with E-state index in [1.165, 1.54) is 32.4 Å². The van der Waals surface area contributed by atoms with E-state index >= 15 is 0 Å². The Morgan fingerprint density at radius 3 is 2.69 bits per heavy atom. The van der Waals surface area contributed by atoms with E-state index in [0.29, 0.717) is 11.5 Å². The summed E-state index contributed by atoms with van der Waals surface area (Å²) in [5, 5.41) is 0. The summed E-state index contributed by atoms with van der Waals surface area (Å²) in [6, 6.07) is 9.67. The second-order valence-corrected chi connectivity index (χ2v) is 8.80. The van der Waals surface area contributed by atoms with Crippen molar-refractivity contribution in [2.24, 2.45) is 11.3 Å². The molecule has 1 aromatic rings. The molecule has 3 saturated heterocycles. The molecule has 4 nitrogen and oxygen atoms in total. The normalized spacial score (nSPS) is 29.2. The molecule has 3 aliphatic heterocycles. The fourth-order valence-electron chi connectivity index (χ4n) is 5.05. The van der Waals surface area contributed by atoms with Crippen LogP contribution in [0.3, 0.4) is 0 Å². The minimum absolute atomic E-state index is 0.179. The van der Waals surface area contributed by atoms with Gasteiger partial charge < -0.3 is 14.5 Å². The van der Waals surface area contributed by atoms with Gasteiger partial charge in [-0.3, -0.25) is 4.79 Å². The summed E-state index contributed by atoms with van der Waals surface area (Å²) in [5.41, 5.74) is 1.11. The molecule has 1 aromatic carbocycles. The van der Waals surface area contributed by atoms with Crippen molar-refractivity contribution < 1.29 is 9.53 Å². The van der Waals surface area contributed by atoms with Gasteiger partial charge in [0, 0.05) is 31.7 Å². The lowest BCUT2D eigenvalue weighted by Gasteiger charge is -2.38. The van der Waals surface area contributed by atoms with Crippen molar-refractivity contribution >= 4 is 5.91 Å². The first-order valence-electron chi connectivity index (χ1n) is 10.3. The molecular weight excluding hydrogens is 324 g/mol. The fraction of sp³-hybridized carbons (Fsp3) is 0.682. The summed E-state index contributed by atoms with van der Waals surface area (Å²) >= 11 is 0. The smallest absolute Gasteiger partial charge is 0.253 e. The van der Waals surface area contributed by atoms with E-state index in [1.807, 2.05) is 35.2 Å². The summed E-state index contributed by atoms with van der Waals surface area (Å²) in [6.07, 6.45) is 6.42. The Balaban J connectivity index is 1.28. The van der Waals surface area contributed by atoms with Crippen molar-refractivity contribution in [3.63, 3.8) is 0 Å². The van der Waals surface area contributed by atoms with Crippen molar-refractivity contribution in [3.05, 3.63) is 35.9 Å². The number of rotatable bonds is 3. The molecule has 0 bridgehead atoms. The molecule has 142 valence electrons. The average molecular weight is 357 g/mol. The summed E-state index contributed by atoms with van der Waals surface area (Å²) in [4.78, 5) is 17.3. The Morgan fingerprint density at radius 1 is 1.19 bits per heavy atom. The zero-order valence-corrected chi connectivity index (χ0v) is 16.0. The van der Waals surface area contributed by atoms with E-state index in [0.717, 1.165) is 50.6 Å². The van der Waals surface area contributed by atoms with Gasteiger partial charge in [-0.2, -0.15) is 0 Å². The second kappa shape index (κ2) is 7.69. The Morgan fingerprint density at radius 2 is 1.96 bits per heavy atom. The van der Waals surface area contributed by atoms with Crippen LogP contribution in [0.15, 0.2) is 30.3 Å². The van der Waals surface area contributed by atoms with E-state index in [4.69, 9.17) is 4.74 Å². The van der Waals surface area contributed by atoms with Crippen LogP contribution in [0.2, 0.25) is 0 Å². The van der Waals surface area contributed by atoms with Crippen LogP contribution in [0, 0.1) is 11.3 Å². The minimum Gasteiger partial charge on any atom is -0.376 e. The molecule has 3 heterocycles. The number of carbonyl (C=O) groups excluding carboxylic acids is 1. The van der Waals surface area contributed by atoms with Gasteiger partial charge in [-0.15, -0.1) is 0 Å². The lowest BCUT2D eigenvalue weighted by molar-refractivity contribution is 0.0402. The van der Waals surface area contributed by atoms with Crippen LogP contribution in [0.25, 0.3) is 0 Å². The van der Waals surface area contributed by atoms with Gasteiger partial charge in [0.15, 0.2) is 0 Å². The summed E-state index contributed by atoms with van der Waals surface area (Å²) in [5.74, 6) is 1.00. The molecule has 0 aromatic heterocycles. The third-order valence-electron chi connectivity index (χ3n) is 6.62. The van der Waals surface area contributed by atoms with Crippen molar-refractivity contribution in [2.75, 3.05) is 39.3 Å². The second-order valence-electron chi connectivity index (χ2n) is 8.80. The maximum absolute atomic E-state index is 12.6. The molecule has 1 amide bonds. The predicted molar refractivity (Wildman–Crippen MR) is 103 cm³/mol. The Kier molecular flexibility index (Phi) is 5.32. The summed E-state index contributed by atoms with van der Waals surface area (Å²) < 4.78 is 6.22. The van der Waals surface area contributed by atoms with Crippen LogP contribution in [0.4, 0.5) is 0 Å². The van der Waals surface area contributed by atoms with E-state index in [1.54, 1.807) is 0 Å². The highest BCUT2D eigenvalue weighted by Crippen LogP contribution is 2.42. The van der Waals surface area contributed by atoms with Gasteiger partial charge in [0.25, 0.3) is 5.91 Å². The quantitative estimate of drug-likeness (QED) is 0.832. The minimum atomic E-state index is 0.179. The number of hydrogen-bond acceptors (Lipinski definition) is 3. The van der Waals surface area contributed by atoms with Crippen LogP contribution in [-0.2, 0) is 4.74 Å². The first-order valence-corrected chi connectivity index (χ1v) is 10.3. The molecule has 3 fully saturated rings. The van der Waals surface area contributed by atoms with Crippen molar-refractivity contribution in [2.45, 2.75) is 45.1 Å². The Hall–Kier alpha value is -1.39. The topological polar surface area (TPSA) is 32.8 Å². The molecule has 26 heavy (non-hydrogen) atoms. The van der Waals surface area contributed by atoms with Crippen LogP contribution in [0.5, 0.6) is 0 Å². The van der Waals surface area contributed by atoms with E-state index in [2.05, 4.69) is 11.8 Å². The van der Waals surface area contributed by atoms with Crippen LogP contribution in [0.1, 0.15) is 49.4 Å². The van der Waals surface area contributed by atoms with Crippen LogP contribution < -0.4 is 0 Å². The fourth-order valence-corrected chi connectivity index (χ4v) is 5.05. The Labute approximate surface area is 157 Å². The van der Waals surface area contributed by atoms with Crippen molar-refractivity contribution in [1.29, 1.82) is 0 Å². The molecule has 1 spiro atoms. The lowest BCUT2D eigenvalue weighted by Crippen LogP contribution is -2.44. The van der Waals surface area contributed by atoms with Gasteiger partial charge in [0.05, 0.1) is 12.7 Å². The highest BCUT2D eigenvalue weighted by Gasteiger charge is 2.43. The molecule has 4 heteroatoms. The van der Waals surface area contributed by atoms with Gasteiger partial charge in [-0.25, -0.2) is 0 Å². The van der Waals surface area contributed by atoms with Crippen molar-refractivity contribution in [3.8, 4) is 0 Å². The van der Waals surface area contributed by atoms with Gasteiger partial charge in [-0.05, 0) is 62.1 Å². The van der Waals surface area contributed by atoms with E-state index in [9.17, 15) is 4.79 Å². The molecule has 0 saturated carbocycles. The van der Waals surface area contributed by atoms with Crippen molar-refractivity contribution in [1.82, 2.24) is 9.80 Å². The number of amides is 1. The SMILES string of the molecule is C[C@H]1CCCN(C[C@@H]2CC3(CCN(C(=O)c4ccccc4)CC3)CO2)C1. The highest BCUT2D eigenvalue weighted by molar-refractivity contribution is 5.94. The average Bonchev–Trinajstić information content (AvgIpc) is 3.04. The molecule has 2 atom stereocenters. The molecule has 0 unspecified atom stereocenters. The van der Waals surface area contributed by atoms with Gasteiger partial charge in [0.2, 0.25) is 0 Å². The highest BCUT2D eigenvalue weighted by atomic mass is 16.5. The molecule has 0 N–H and O–H groups in total. The number of carbonyl (C=O) groups is 1. The lowest BCUT2D eigenvalue weighted by atomic mass is 9.76. The molecular formula is C22H32N2O2. The van der Waals surface area contributed by atoms with Crippen LogP contribution in [-0.4, -0.2) is 61.1 Å². The van der Waals surface area contributed by atoms with E-state index < -0.39 is 0 Å². The Bertz CT molecular complexity index is 610. The molecule has 4 rings (SSSR count). The predicted octanol–water partition coefficient (Wildman–Crippen LogP) is 3.43. The number of likely N-dealkylation sites (tertiary alicyclic amines) is 2. The first kappa shape index (κ1) is 18.0. The molecule has 3 aliphatic rings. The van der Waals surface area contributed by atoms with E-state index in [-0.39, 0.29) is 5.91 Å². The summed E-state index contributed by atoms with van der Waals surface area (Å²) in [6.45, 7) is 8.54.